The number of aryl methyl sites for hydroxylation is 1. The number of hydrogen-bond donors (Lipinski definition) is 1. The zero-order chi connectivity index (χ0) is 13.8. The summed E-state index contributed by atoms with van der Waals surface area (Å²) < 4.78 is 16.0. The lowest BCUT2D eigenvalue weighted by Gasteiger charge is -2.19. The van der Waals surface area contributed by atoms with E-state index in [1.807, 2.05) is 10.8 Å². The molecule has 0 saturated heterocycles. The lowest BCUT2D eigenvalue weighted by atomic mass is 10.0. The highest BCUT2D eigenvalue weighted by atomic mass is 35.5. The first-order valence-electron chi connectivity index (χ1n) is 6.28. The largest absolute Gasteiger partial charge is 0.335 e. The van der Waals surface area contributed by atoms with Gasteiger partial charge in [0.2, 0.25) is 0 Å². The Bertz CT molecular complexity index is 533. The van der Waals surface area contributed by atoms with E-state index in [1.165, 1.54) is 6.07 Å². The molecule has 0 bridgehead atoms. The molecule has 5 heteroatoms. The summed E-state index contributed by atoms with van der Waals surface area (Å²) in [5, 5.41) is 3.55. The van der Waals surface area contributed by atoms with Gasteiger partial charge in [-0.1, -0.05) is 17.7 Å². The molecule has 0 amide bonds. The molecule has 2 aromatic rings. The standard InChI is InChI=1S/C14H17ClFN3/c1-3-19-8-7-18-13(19)9-12(17-2)14-10(15)5-4-6-11(14)16/h4-8,12,17H,3,9H2,1-2H3. The summed E-state index contributed by atoms with van der Waals surface area (Å²) in [6.45, 7) is 2.90. The minimum atomic E-state index is -0.290. The van der Waals surface area contributed by atoms with Gasteiger partial charge in [0.1, 0.15) is 11.6 Å². The average molecular weight is 282 g/mol. The summed E-state index contributed by atoms with van der Waals surface area (Å²) in [7, 11) is 1.80. The number of nitrogens with zero attached hydrogens (tertiary/aromatic N) is 2. The molecular formula is C14H17ClFN3. The van der Waals surface area contributed by atoms with Gasteiger partial charge in [-0.2, -0.15) is 0 Å². The van der Waals surface area contributed by atoms with Crippen molar-refractivity contribution in [2.45, 2.75) is 25.9 Å². The quantitative estimate of drug-likeness (QED) is 0.912. The van der Waals surface area contributed by atoms with E-state index in [-0.39, 0.29) is 11.9 Å². The van der Waals surface area contributed by atoms with Crippen molar-refractivity contribution in [1.29, 1.82) is 0 Å². The number of aromatic nitrogens is 2. The second-order valence-electron chi connectivity index (χ2n) is 4.31. The Hall–Kier alpha value is -1.39. The van der Waals surface area contributed by atoms with Crippen LogP contribution >= 0.6 is 11.6 Å². The topological polar surface area (TPSA) is 29.9 Å². The molecule has 0 radical (unpaired) electrons. The van der Waals surface area contributed by atoms with Gasteiger partial charge in [-0.25, -0.2) is 9.37 Å². The van der Waals surface area contributed by atoms with Crippen LogP contribution in [0, 0.1) is 5.82 Å². The van der Waals surface area contributed by atoms with E-state index in [0.29, 0.717) is 17.0 Å². The van der Waals surface area contributed by atoms with Crippen molar-refractivity contribution < 1.29 is 4.39 Å². The molecule has 2 rings (SSSR count). The van der Waals surface area contributed by atoms with Crippen molar-refractivity contribution in [3.05, 3.63) is 52.8 Å². The van der Waals surface area contributed by atoms with Gasteiger partial charge in [0.25, 0.3) is 0 Å². The maximum atomic E-state index is 13.9. The van der Waals surface area contributed by atoms with E-state index in [9.17, 15) is 4.39 Å². The molecule has 1 unspecified atom stereocenters. The monoisotopic (exact) mass is 281 g/mol. The first kappa shape index (κ1) is 14.0. The number of rotatable bonds is 5. The van der Waals surface area contributed by atoms with Crippen LogP contribution in [0.2, 0.25) is 5.02 Å². The Morgan fingerprint density at radius 1 is 1.47 bits per heavy atom. The molecule has 1 atom stereocenters. The summed E-state index contributed by atoms with van der Waals surface area (Å²) in [6.07, 6.45) is 4.28. The minimum absolute atomic E-state index is 0.193. The number of benzene rings is 1. The van der Waals surface area contributed by atoms with Gasteiger partial charge < -0.3 is 9.88 Å². The summed E-state index contributed by atoms with van der Waals surface area (Å²) in [5.74, 6) is 0.627. The van der Waals surface area contributed by atoms with Gasteiger partial charge in [0.15, 0.2) is 0 Å². The van der Waals surface area contributed by atoms with E-state index in [2.05, 4.69) is 17.2 Å². The fourth-order valence-corrected chi connectivity index (χ4v) is 2.49. The molecule has 1 aromatic carbocycles. The summed E-state index contributed by atoms with van der Waals surface area (Å²) in [4.78, 5) is 4.32. The van der Waals surface area contributed by atoms with Crippen LogP contribution in [0.25, 0.3) is 0 Å². The van der Waals surface area contributed by atoms with Gasteiger partial charge in [0, 0.05) is 42.0 Å². The van der Waals surface area contributed by atoms with Gasteiger partial charge in [0.05, 0.1) is 0 Å². The molecule has 102 valence electrons. The Labute approximate surface area is 117 Å². The SMILES string of the molecule is CCn1ccnc1CC(NC)c1c(F)cccc1Cl. The molecule has 0 fully saturated rings. The predicted octanol–water partition coefficient (Wildman–Crippen LogP) is 3.20. The van der Waals surface area contributed by atoms with Gasteiger partial charge in [-0.05, 0) is 26.1 Å². The molecule has 0 aliphatic carbocycles. The molecule has 1 N–H and O–H groups in total. The third-order valence-electron chi connectivity index (χ3n) is 3.23. The van der Waals surface area contributed by atoms with Crippen LogP contribution < -0.4 is 5.32 Å². The van der Waals surface area contributed by atoms with Crippen LogP contribution in [0.3, 0.4) is 0 Å². The van der Waals surface area contributed by atoms with E-state index >= 15 is 0 Å². The Kier molecular flexibility index (Phi) is 4.56. The smallest absolute Gasteiger partial charge is 0.129 e. The predicted molar refractivity (Wildman–Crippen MR) is 74.8 cm³/mol. The first-order chi connectivity index (χ1) is 9.17. The minimum Gasteiger partial charge on any atom is -0.335 e. The van der Waals surface area contributed by atoms with Crippen LogP contribution in [0.15, 0.2) is 30.6 Å². The zero-order valence-electron chi connectivity index (χ0n) is 11.0. The summed E-state index contributed by atoms with van der Waals surface area (Å²) in [5.41, 5.74) is 0.498. The summed E-state index contributed by atoms with van der Waals surface area (Å²) >= 11 is 6.11. The van der Waals surface area contributed by atoms with E-state index in [1.54, 1.807) is 25.4 Å². The molecule has 3 nitrogen and oxygen atoms in total. The van der Waals surface area contributed by atoms with Gasteiger partial charge >= 0.3 is 0 Å². The van der Waals surface area contributed by atoms with Crippen LogP contribution in [0.1, 0.15) is 24.4 Å². The highest BCUT2D eigenvalue weighted by Gasteiger charge is 2.19. The fraction of sp³-hybridized carbons (Fsp3) is 0.357. The van der Waals surface area contributed by atoms with Crippen molar-refractivity contribution in [2.75, 3.05) is 7.05 Å². The van der Waals surface area contributed by atoms with Gasteiger partial charge in [-0.15, -0.1) is 0 Å². The maximum Gasteiger partial charge on any atom is 0.129 e. The first-order valence-corrected chi connectivity index (χ1v) is 6.66. The Morgan fingerprint density at radius 2 is 2.26 bits per heavy atom. The van der Waals surface area contributed by atoms with E-state index in [4.69, 9.17) is 11.6 Å². The molecule has 0 saturated carbocycles. The third-order valence-corrected chi connectivity index (χ3v) is 3.56. The third kappa shape index (κ3) is 2.96. The number of nitrogens with one attached hydrogen (secondary N) is 1. The van der Waals surface area contributed by atoms with Crippen molar-refractivity contribution >= 4 is 11.6 Å². The van der Waals surface area contributed by atoms with Crippen molar-refractivity contribution in [2.24, 2.45) is 0 Å². The second-order valence-corrected chi connectivity index (χ2v) is 4.72. The zero-order valence-corrected chi connectivity index (χ0v) is 11.8. The molecule has 19 heavy (non-hydrogen) atoms. The Balaban J connectivity index is 2.30. The Morgan fingerprint density at radius 3 is 2.89 bits per heavy atom. The molecular weight excluding hydrogens is 265 g/mol. The lowest BCUT2D eigenvalue weighted by Crippen LogP contribution is -2.22. The average Bonchev–Trinajstić information content (AvgIpc) is 2.84. The highest BCUT2D eigenvalue weighted by Crippen LogP contribution is 2.27. The number of imidazole rings is 1. The number of likely N-dealkylation sites (N-methyl/N-ethyl adjacent to an activating group) is 1. The fourth-order valence-electron chi connectivity index (χ4n) is 2.19. The van der Waals surface area contributed by atoms with E-state index in [0.717, 1.165) is 12.4 Å². The van der Waals surface area contributed by atoms with Crippen molar-refractivity contribution in [3.8, 4) is 0 Å². The molecule has 1 heterocycles. The molecule has 0 aliphatic rings. The van der Waals surface area contributed by atoms with Crippen molar-refractivity contribution in [3.63, 3.8) is 0 Å². The molecule has 0 aliphatic heterocycles. The lowest BCUT2D eigenvalue weighted by molar-refractivity contribution is 0.515. The van der Waals surface area contributed by atoms with Crippen molar-refractivity contribution in [1.82, 2.24) is 14.9 Å². The highest BCUT2D eigenvalue weighted by molar-refractivity contribution is 6.31. The number of hydrogen-bond acceptors (Lipinski definition) is 2. The normalized spacial score (nSPS) is 12.6. The van der Waals surface area contributed by atoms with Crippen LogP contribution in [-0.4, -0.2) is 16.6 Å². The van der Waals surface area contributed by atoms with Gasteiger partial charge in [-0.3, -0.25) is 0 Å². The van der Waals surface area contributed by atoms with E-state index < -0.39 is 0 Å². The van der Waals surface area contributed by atoms with Crippen LogP contribution in [0.4, 0.5) is 4.39 Å². The molecule has 1 aromatic heterocycles. The van der Waals surface area contributed by atoms with Crippen LogP contribution in [0.5, 0.6) is 0 Å². The van der Waals surface area contributed by atoms with Crippen LogP contribution in [-0.2, 0) is 13.0 Å². The maximum absolute atomic E-state index is 13.9. The summed E-state index contributed by atoms with van der Waals surface area (Å²) in [6, 6.07) is 4.55. The number of halogens is 2. The molecule has 0 spiro atoms. The second kappa shape index (κ2) is 6.17.